The van der Waals surface area contributed by atoms with E-state index in [1.54, 1.807) is 12.1 Å². The zero-order valence-electron chi connectivity index (χ0n) is 16.8. The summed E-state index contributed by atoms with van der Waals surface area (Å²) in [5.74, 6) is 1.82. The van der Waals surface area contributed by atoms with Crippen LogP contribution in [0.2, 0.25) is 0 Å². The fraction of sp³-hybridized carbons (Fsp3) is 0.391. The van der Waals surface area contributed by atoms with E-state index < -0.39 is 6.10 Å². The molecule has 3 atom stereocenters. The number of ether oxygens (including phenoxy) is 1. The molecule has 1 fully saturated rings. The van der Waals surface area contributed by atoms with Crippen LogP contribution in [0.4, 0.5) is 4.39 Å². The average molecular weight is 410 g/mol. The quantitative estimate of drug-likeness (QED) is 0.625. The van der Waals surface area contributed by atoms with Gasteiger partial charge in [0.1, 0.15) is 24.0 Å². The number of benzene rings is 2. The van der Waals surface area contributed by atoms with Crippen LogP contribution < -0.4 is 10.5 Å². The first-order chi connectivity index (χ1) is 14.6. The number of aryl methyl sites for hydroxylation is 2. The number of hydrogen-bond donors (Lipinski definition) is 2. The van der Waals surface area contributed by atoms with E-state index in [1.807, 2.05) is 22.9 Å². The molecule has 1 aliphatic carbocycles. The zero-order chi connectivity index (χ0) is 20.9. The number of aliphatic hydroxyl groups is 1. The molecule has 1 saturated carbocycles. The molecule has 3 N–H and O–H groups in total. The van der Waals surface area contributed by atoms with Crippen molar-refractivity contribution in [1.82, 2.24) is 14.8 Å². The summed E-state index contributed by atoms with van der Waals surface area (Å²) in [4.78, 5) is 4.74. The van der Waals surface area contributed by atoms with Crippen molar-refractivity contribution in [1.29, 1.82) is 0 Å². The second kappa shape index (κ2) is 9.36. The summed E-state index contributed by atoms with van der Waals surface area (Å²) in [6, 6.07) is 16.0. The predicted octanol–water partition coefficient (Wildman–Crippen LogP) is 3.19. The highest BCUT2D eigenvalue weighted by atomic mass is 19.1. The van der Waals surface area contributed by atoms with Gasteiger partial charge in [0.15, 0.2) is 5.82 Å². The van der Waals surface area contributed by atoms with Crippen LogP contribution in [0.3, 0.4) is 0 Å². The molecular weight excluding hydrogens is 383 g/mol. The molecule has 7 heteroatoms. The molecule has 0 spiro atoms. The van der Waals surface area contributed by atoms with Gasteiger partial charge < -0.3 is 15.6 Å². The third kappa shape index (κ3) is 5.04. The van der Waals surface area contributed by atoms with E-state index in [0.717, 1.165) is 25.1 Å². The lowest BCUT2D eigenvalue weighted by Crippen LogP contribution is -2.40. The molecule has 6 nitrogen and oxygen atoms in total. The SMILES string of the molecule is N[C@@H]1CC[C@H](c2nc(COc3ccc(F)cc3)nn2CCc2ccccc2)C[C@H]1O. The maximum absolute atomic E-state index is 13.1. The molecule has 1 aromatic heterocycles. The summed E-state index contributed by atoms with van der Waals surface area (Å²) in [6.07, 6.45) is 2.54. The summed E-state index contributed by atoms with van der Waals surface area (Å²) < 4.78 is 20.7. The molecule has 158 valence electrons. The van der Waals surface area contributed by atoms with E-state index >= 15 is 0 Å². The molecule has 0 unspecified atom stereocenters. The van der Waals surface area contributed by atoms with Gasteiger partial charge in [-0.3, -0.25) is 0 Å². The third-order valence-electron chi connectivity index (χ3n) is 5.61. The Kier molecular flexibility index (Phi) is 6.40. The molecule has 0 saturated heterocycles. The standard InChI is InChI=1S/C23H27FN4O2/c24-18-7-9-19(10-8-18)30-15-22-26-23(17-6-11-20(25)21(29)14-17)28(27-22)13-12-16-4-2-1-3-5-16/h1-5,7-10,17,20-21,29H,6,11-15,25H2/t17-,20+,21+/m0/s1. The lowest BCUT2D eigenvalue weighted by atomic mass is 9.84. The predicted molar refractivity (Wildman–Crippen MR) is 111 cm³/mol. The zero-order valence-corrected chi connectivity index (χ0v) is 16.8. The third-order valence-corrected chi connectivity index (χ3v) is 5.61. The minimum atomic E-state index is -0.526. The Morgan fingerprint density at radius 1 is 1.10 bits per heavy atom. The Labute approximate surface area is 175 Å². The Morgan fingerprint density at radius 2 is 1.87 bits per heavy atom. The molecule has 0 radical (unpaired) electrons. The van der Waals surface area contributed by atoms with Crippen molar-refractivity contribution in [3.63, 3.8) is 0 Å². The minimum Gasteiger partial charge on any atom is -0.486 e. The molecule has 2 aromatic carbocycles. The van der Waals surface area contributed by atoms with Crippen molar-refractivity contribution in [3.8, 4) is 5.75 Å². The van der Waals surface area contributed by atoms with E-state index in [0.29, 0.717) is 24.5 Å². The summed E-state index contributed by atoms with van der Waals surface area (Å²) in [6.45, 7) is 0.896. The van der Waals surface area contributed by atoms with Crippen molar-refractivity contribution in [3.05, 3.63) is 77.6 Å². The highest BCUT2D eigenvalue weighted by Gasteiger charge is 2.31. The van der Waals surface area contributed by atoms with Crippen LogP contribution in [0.15, 0.2) is 54.6 Å². The van der Waals surface area contributed by atoms with Gasteiger partial charge in [0.25, 0.3) is 0 Å². The van der Waals surface area contributed by atoms with Crippen LogP contribution in [0.5, 0.6) is 5.75 Å². The highest BCUT2D eigenvalue weighted by molar-refractivity contribution is 5.22. The van der Waals surface area contributed by atoms with Gasteiger partial charge in [-0.25, -0.2) is 14.1 Å². The van der Waals surface area contributed by atoms with Gasteiger partial charge in [0.2, 0.25) is 0 Å². The van der Waals surface area contributed by atoms with Crippen LogP contribution in [0.1, 0.15) is 42.4 Å². The highest BCUT2D eigenvalue weighted by Crippen LogP contribution is 2.32. The smallest absolute Gasteiger partial charge is 0.188 e. The van der Waals surface area contributed by atoms with E-state index in [9.17, 15) is 9.50 Å². The van der Waals surface area contributed by atoms with Crippen LogP contribution in [0, 0.1) is 5.82 Å². The minimum absolute atomic E-state index is 0.114. The fourth-order valence-corrected chi connectivity index (χ4v) is 3.89. The second-order valence-corrected chi connectivity index (χ2v) is 7.83. The van der Waals surface area contributed by atoms with Crippen molar-refractivity contribution in [2.45, 2.75) is 56.9 Å². The number of aliphatic hydroxyl groups excluding tert-OH is 1. The largest absolute Gasteiger partial charge is 0.486 e. The monoisotopic (exact) mass is 410 g/mol. The summed E-state index contributed by atoms with van der Waals surface area (Å²) >= 11 is 0. The topological polar surface area (TPSA) is 86.2 Å². The van der Waals surface area contributed by atoms with E-state index in [1.165, 1.54) is 17.7 Å². The van der Waals surface area contributed by atoms with Gasteiger partial charge >= 0.3 is 0 Å². The van der Waals surface area contributed by atoms with Gasteiger partial charge in [0, 0.05) is 18.5 Å². The number of hydrogen-bond acceptors (Lipinski definition) is 5. The lowest BCUT2D eigenvalue weighted by molar-refractivity contribution is 0.0955. The average Bonchev–Trinajstić information content (AvgIpc) is 3.18. The first-order valence-electron chi connectivity index (χ1n) is 10.4. The number of nitrogens with two attached hydrogens (primary N) is 1. The molecule has 0 aliphatic heterocycles. The lowest BCUT2D eigenvalue weighted by Gasteiger charge is -2.30. The Morgan fingerprint density at radius 3 is 2.60 bits per heavy atom. The molecule has 30 heavy (non-hydrogen) atoms. The Bertz CT molecular complexity index is 946. The van der Waals surface area contributed by atoms with E-state index in [4.69, 9.17) is 15.5 Å². The number of aromatic nitrogens is 3. The molecular formula is C23H27FN4O2. The maximum atomic E-state index is 13.1. The van der Waals surface area contributed by atoms with Crippen molar-refractivity contribution in [2.24, 2.45) is 5.73 Å². The molecule has 1 heterocycles. The van der Waals surface area contributed by atoms with Gasteiger partial charge in [-0.15, -0.1) is 0 Å². The van der Waals surface area contributed by atoms with Crippen LogP contribution >= 0.6 is 0 Å². The van der Waals surface area contributed by atoms with Crippen LogP contribution in [-0.4, -0.2) is 32.0 Å². The summed E-state index contributed by atoms with van der Waals surface area (Å²) in [5, 5.41) is 14.9. The van der Waals surface area contributed by atoms with Gasteiger partial charge in [-0.2, -0.15) is 5.10 Å². The van der Waals surface area contributed by atoms with Crippen molar-refractivity contribution >= 4 is 0 Å². The Balaban J connectivity index is 1.50. The van der Waals surface area contributed by atoms with Crippen molar-refractivity contribution in [2.75, 3.05) is 0 Å². The fourth-order valence-electron chi connectivity index (χ4n) is 3.89. The number of halogens is 1. The first-order valence-corrected chi connectivity index (χ1v) is 10.4. The maximum Gasteiger partial charge on any atom is 0.188 e. The Hall–Kier alpha value is -2.77. The number of rotatable bonds is 7. The molecule has 1 aliphatic rings. The van der Waals surface area contributed by atoms with Gasteiger partial charge in [0.05, 0.1) is 6.10 Å². The summed E-state index contributed by atoms with van der Waals surface area (Å²) in [5.41, 5.74) is 7.21. The molecule has 3 aromatic rings. The van der Waals surface area contributed by atoms with Gasteiger partial charge in [-0.05, 0) is 55.5 Å². The normalized spacial score (nSPS) is 21.5. The molecule has 4 rings (SSSR count). The molecule has 0 amide bonds. The molecule has 0 bridgehead atoms. The van der Waals surface area contributed by atoms with E-state index in [-0.39, 0.29) is 24.4 Å². The van der Waals surface area contributed by atoms with Crippen LogP contribution in [-0.2, 0) is 19.6 Å². The summed E-state index contributed by atoms with van der Waals surface area (Å²) in [7, 11) is 0. The van der Waals surface area contributed by atoms with Gasteiger partial charge in [-0.1, -0.05) is 30.3 Å². The number of nitrogens with zero attached hydrogens (tertiary/aromatic N) is 3. The first kappa shape index (κ1) is 20.5. The van der Waals surface area contributed by atoms with E-state index in [2.05, 4.69) is 17.2 Å². The van der Waals surface area contributed by atoms with Crippen molar-refractivity contribution < 1.29 is 14.2 Å². The second-order valence-electron chi connectivity index (χ2n) is 7.83. The van der Waals surface area contributed by atoms with Crippen LogP contribution in [0.25, 0.3) is 0 Å².